The first-order valence-corrected chi connectivity index (χ1v) is 14.8. The summed E-state index contributed by atoms with van der Waals surface area (Å²) >= 11 is 0. The highest BCUT2D eigenvalue weighted by atomic mass is 19.1. The summed E-state index contributed by atoms with van der Waals surface area (Å²) in [4.78, 5) is 16.7. The average Bonchev–Trinajstić information content (AvgIpc) is 3.52. The Morgan fingerprint density at radius 2 is 1.95 bits per heavy atom. The molecule has 218 valence electrons. The first-order chi connectivity index (χ1) is 19.1. The minimum atomic E-state index is -0.285. The summed E-state index contributed by atoms with van der Waals surface area (Å²) in [6.45, 7) is 9.52. The summed E-state index contributed by atoms with van der Waals surface area (Å²) in [6, 6.07) is 8.32. The topological polar surface area (TPSA) is 114 Å². The molecule has 6 nitrogen and oxygen atoms in total. The molecule has 7 heteroatoms. The molecule has 6 N–H and O–H groups in total. The second kappa shape index (κ2) is 14.4. The highest BCUT2D eigenvalue weighted by Crippen LogP contribution is 2.35. The molecule has 40 heavy (non-hydrogen) atoms. The zero-order chi connectivity index (χ0) is 29.3. The third-order valence-corrected chi connectivity index (χ3v) is 8.33. The van der Waals surface area contributed by atoms with E-state index in [1.54, 1.807) is 31.2 Å². The zero-order valence-corrected chi connectivity index (χ0v) is 24.6. The molecule has 0 aromatic heterocycles. The van der Waals surface area contributed by atoms with Crippen molar-refractivity contribution in [3.05, 3.63) is 64.5 Å². The minimum absolute atomic E-state index is 0.150. The van der Waals surface area contributed by atoms with Gasteiger partial charge in [0.2, 0.25) is 5.91 Å². The lowest BCUT2D eigenvalue weighted by Crippen LogP contribution is -2.52. The first-order valence-electron chi connectivity index (χ1n) is 14.8. The number of anilines is 1. The largest absolute Gasteiger partial charge is 0.508 e. The van der Waals surface area contributed by atoms with Gasteiger partial charge in [0.25, 0.3) is 0 Å². The fourth-order valence-electron chi connectivity index (χ4n) is 6.03. The molecule has 0 bridgehead atoms. The number of hydrogen-bond acceptors (Lipinski definition) is 5. The average molecular weight is 551 g/mol. The van der Waals surface area contributed by atoms with Crippen LogP contribution >= 0.6 is 0 Å². The molecule has 1 amide bonds. The summed E-state index contributed by atoms with van der Waals surface area (Å²) in [7, 11) is 0. The maximum absolute atomic E-state index is 13.1. The fourth-order valence-corrected chi connectivity index (χ4v) is 6.03. The normalized spacial score (nSPS) is 19.9. The number of nitrogens with zero attached hydrogens (tertiary/aromatic N) is 1. The molecule has 0 radical (unpaired) electrons. The number of carbonyl (C=O) groups is 1. The van der Waals surface area contributed by atoms with E-state index in [4.69, 9.17) is 11.5 Å². The molecule has 1 aliphatic heterocycles. The number of phenolic OH excluding ortho intramolecular Hbond substituents is 1. The number of aryl methyl sites for hydroxylation is 1. The summed E-state index contributed by atoms with van der Waals surface area (Å²) in [6.07, 6.45) is 12.1. The lowest BCUT2D eigenvalue weighted by Gasteiger charge is -2.30. The van der Waals surface area contributed by atoms with Crippen molar-refractivity contribution in [1.82, 2.24) is 5.32 Å². The monoisotopic (exact) mass is 550 g/mol. The Hall–Kier alpha value is -3.19. The summed E-state index contributed by atoms with van der Waals surface area (Å²) < 4.78 is 13.1. The van der Waals surface area contributed by atoms with E-state index >= 15 is 0 Å². The Morgan fingerprint density at radius 3 is 2.62 bits per heavy atom. The van der Waals surface area contributed by atoms with Crippen molar-refractivity contribution in [3.8, 4) is 5.75 Å². The Bertz CT molecular complexity index is 1220. The molecule has 2 unspecified atom stereocenters. The van der Waals surface area contributed by atoms with Crippen LogP contribution in [0.3, 0.4) is 0 Å². The van der Waals surface area contributed by atoms with Crippen LogP contribution in [0.2, 0.25) is 0 Å². The van der Waals surface area contributed by atoms with Crippen molar-refractivity contribution in [2.45, 2.75) is 91.1 Å². The quantitative estimate of drug-likeness (QED) is 0.195. The van der Waals surface area contributed by atoms with Crippen molar-refractivity contribution in [2.24, 2.45) is 22.6 Å². The SMILES string of the molecule is CCC1CCCC1(N)CNC(=O)/C=C/c1cc(C)c(O)cc1N.CCCC(CCC)C1=NCc2cc(F)ccc21. The van der Waals surface area contributed by atoms with Gasteiger partial charge in [-0.3, -0.25) is 9.79 Å². The molecule has 2 aliphatic rings. The van der Waals surface area contributed by atoms with Gasteiger partial charge < -0.3 is 21.9 Å². The Balaban J connectivity index is 0.000000230. The van der Waals surface area contributed by atoms with Crippen LogP contribution in [0.1, 0.15) is 94.4 Å². The van der Waals surface area contributed by atoms with Gasteiger partial charge in [-0.15, -0.1) is 0 Å². The van der Waals surface area contributed by atoms with Crippen LogP contribution in [0, 0.1) is 24.6 Å². The van der Waals surface area contributed by atoms with Crippen molar-refractivity contribution in [3.63, 3.8) is 0 Å². The zero-order valence-electron chi connectivity index (χ0n) is 24.6. The third-order valence-electron chi connectivity index (χ3n) is 8.33. The van der Waals surface area contributed by atoms with Crippen LogP contribution in [0.4, 0.5) is 10.1 Å². The van der Waals surface area contributed by atoms with E-state index in [1.807, 2.05) is 6.07 Å². The van der Waals surface area contributed by atoms with Crippen LogP contribution < -0.4 is 16.8 Å². The Kier molecular flexibility index (Phi) is 11.3. The number of amides is 1. The first kappa shape index (κ1) is 31.3. The van der Waals surface area contributed by atoms with Gasteiger partial charge in [-0.05, 0) is 85.6 Å². The molecule has 1 saturated carbocycles. The predicted octanol–water partition coefficient (Wildman–Crippen LogP) is 6.66. The van der Waals surface area contributed by atoms with Crippen molar-refractivity contribution in [1.29, 1.82) is 0 Å². The van der Waals surface area contributed by atoms with Gasteiger partial charge in [-0.1, -0.05) is 46.5 Å². The summed E-state index contributed by atoms with van der Waals surface area (Å²) in [5.74, 6) is 0.851. The van der Waals surface area contributed by atoms with Crippen LogP contribution in [0.25, 0.3) is 6.08 Å². The minimum Gasteiger partial charge on any atom is -0.508 e. The number of fused-ring (bicyclic) bond motifs is 1. The van der Waals surface area contributed by atoms with Crippen molar-refractivity contribution < 1.29 is 14.3 Å². The predicted molar refractivity (Wildman–Crippen MR) is 164 cm³/mol. The number of benzene rings is 2. The molecule has 1 heterocycles. The highest BCUT2D eigenvalue weighted by molar-refractivity contribution is 6.05. The third kappa shape index (κ3) is 7.94. The molecule has 2 aromatic carbocycles. The molecular formula is C33H47FN4O2. The summed E-state index contributed by atoms with van der Waals surface area (Å²) in [5.41, 5.74) is 17.3. The van der Waals surface area contributed by atoms with Gasteiger partial charge in [-0.25, -0.2) is 4.39 Å². The number of carbonyl (C=O) groups excluding carboxylic acids is 1. The van der Waals surface area contributed by atoms with Crippen LogP contribution in [-0.4, -0.2) is 28.8 Å². The number of halogens is 1. The van der Waals surface area contributed by atoms with E-state index < -0.39 is 0 Å². The molecule has 2 atom stereocenters. The number of nitrogen functional groups attached to an aromatic ring is 1. The number of hydrogen-bond donors (Lipinski definition) is 4. The fraction of sp³-hybridized carbons (Fsp3) is 0.515. The molecule has 2 aromatic rings. The summed E-state index contributed by atoms with van der Waals surface area (Å²) in [5, 5.41) is 12.5. The number of aromatic hydroxyl groups is 1. The number of rotatable bonds is 10. The smallest absolute Gasteiger partial charge is 0.244 e. The number of nitrogens with one attached hydrogen (secondary N) is 1. The van der Waals surface area contributed by atoms with E-state index in [0.29, 0.717) is 36.2 Å². The maximum Gasteiger partial charge on any atom is 0.244 e. The Morgan fingerprint density at radius 1 is 1.23 bits per heavy atom. The highest BCUT2D eigenvalue weighted by Gasteiger charge is 2.38. The standard InChI is InChI=1S/C18H27N3O2.C15H20FN/c1-3-14-5-4-8-18(14,20)11-21-17(23)7-6-13-9-12(2)16(22)10-15(13)19;1-3-5-11(6-4-2)15-14-8-7-13(16)9-12(14)10-17-15/h6-7,9-10,14,22H,3-5,8,11,19-20H2,1-2H3,(H,21,23);7-9,11H,3-6,10H2,1-2H3/b7-6+;. The van der Waals surface area contributed by atoms with E-state index in [2.05, 4.69) is 31.1 Å². The van der Waals surface area contributed by atoms with Gasteiger partial charge in [0.15, 0.2) is 0 Å². The lowest BCUT2D eigenvalue weighted by molar-refractivity contribution is -0.116. The van der Waals surface area contributed by atoms with E-state index in [0.717, 1.165) is 36.8 Å². The second-order valence-corrected chi connectivity index (χ2v) is 11.3. The lowest BCUT2D eigenvalue weighted by atomic mass is 9.86. The molecular weight excluding hydrogens is 503 g/mol. The van der Waals surface area contributed by atoms with E-state index in [-0.39, 0.29) is 23.0 Å². The molecule has 4 rings (SSSR count). The molecule has 0 spiro atoms. The van der Waals surface area contributed by atoms with Gasteiger partial charge in [0, 0.05) is 47.1 Å². The van der Waals surface area contributed by atoms with Gasteiger partial charge >= 0.3 is 0 Å². The van der Waals surface area contributed by atoms with Crippen molar-refractivity contribution in [2.75, 3.05) is 12.3 Å². The van der Waals surface area contributed by atoms with Crippen LogP contribution in [-0.2, 0) is 11.3 Å². The molecule has 0 saturated heterocycles. The van der Waals surface area contributed by atoms with E-state index in [1.165, 1.54) is 49.1 Å². The van der Waals surface area contributed by atoms with Gasteiger partial charge in [0.1, 0.15) is 11.6 Å². The number of nitrogens with two attached hydrogens (primary N) is 2. The second-order valence-electron chi connectivity index (χ2n) is 11.3. The van der Waals surface area contributed by atoms with Crippen LogP contribution in [0.5, 0.6) is 5.75 Å². The van der Waals surface area contributed by atoms with Crippen molar-refractivity contribution >= 4 is 23.4 Å². The van der Waals surface area contributed by atoms with E-state index in [9.17, 15) is 14.3 Å². The number of aliphatic imine (C=N–C) groups is 1. The maximum atomic E-state index is 13.1. The van der Waals surface area contributed by atoms with Crippen LogP contribution in [0.15, 0.2) is 41.4 Å². The van der Waals surface area contributed by atoms with Gasteiger partial charge in [-0.2, -0.15) is 0 Å². The Labute approximate surface area is 239 Å². The van der Waals surface area contributed by atoms with Gasteiger partial charge in [0.05, 0.1) is 6.54 Å². The molecule has 1 fully saturated rings. The molecule has 1 aliphatic carbocycles. The number of phenols is 1.